The monoisotopic (exact) mass is 216 g/mol. The van der Waals surface area contributed by atoms with Gasteiger partial charge in [0.25, 0.3) is 0 Å². The van der Waals surface area contributed by atoms with Crippen molar-refractivity contribution in [1.29, 1.82) is 0 Å². The molecule has 0 fully saturated rings. The molecular formula is C12H16N4. The second-order valence-corrected chi connectivity index (χ2v) is 3.99. The van der Waals surface area contributed by atoms with Gasteiger partial charge in [0.15, 0.2) is 0 Å². The van der Waals surface area contributed by atoms with Crippen molar-refractivity contribution in [2.75, 3.05) is 12.4 Å². The highest BCUT2D eigenvalue weighted by Crippen LogP contribution is 2.18. The molecule has 0 aliphatic rings. The number of nitrogens with one attached hydrogen (secondary N) is 1. The highest BCUT2D eigenvalue weighted by molar-refractivity contribution is 5.64. The van der Waals surface area contributed by atoms with Gasteiger partial charge >= 0.3 is 0 Å². The molecule has 4 nitrogen and oxygen atoms in total. The highest BCUT2D eigenvalue weighted by atomic mass is 15.2. The third kappa shape index (κ3) is 1.91. The fourth-order valence-corrected chi connectivity index (χ4v) is 1.55. The first-order chi connectivity index (χ1) is 7.72. The summed E-state index contributed by atoms with van der Waals surface area (Å²) in [5.41, 5.74) is 0.926. The number of nitrogens with zero attached hydrogens (tertiary/aromatic N) is 3. The second kappa shape index (κ2) is 4.35. The Morgan fingerprint density at radius 3 is 2.94 bits per heavy atom. The molecule has 84 valence electrons. The van der Waals surface area contributed by atoms with Crippen LogP contribution in [0, 0.1) is 5.92 Å². The maximum atomic E-state index is 4.46. The largest absolute Gasteiger partial charge is 0.372 e. The Kier molecular flexibility index (Phi) is 2.90. The Hall–Kier alpha value is -1.84. The molecule has 16 heavy (non-hydrogen) atoms. The Morgan fingerprint density at radius 2 is 2.25 bits per heavy atom. The molecular weight excluding hydrogens is 200 g/mol. The number of imidazole rings is 1. The summed E-state index contributed by atoms with van der Waals surface area (Å²) in [6.45, 7) is 4.28. The third-order valence-electron chi connectivity index (χ3n) is 2.31. The van der Waals surface area contributed by atoms with Crippen LogP contribution in [-0.2, 0) is 0 Å². The van der Waals surface area contributed by atoms with Crippen LogP contribution in [0.15, 0.2) is 24.5 Å². The molecule has 0 saturated carbocycles. The van der Waals surface area contributed by atoms with E-state index >= 15 is 0 Å². The summed E-state index contributed by atoms with van der Waals surface area (Å²) in [5.74, 6) is 2.21. The molecule has 0 spiro atoms. The lowest BCUT2D eigenvalue weighted by Gasteiger charge is -2.00. The number of allylic oxidation sites excluding steroid dienone is 1. The fourth-order valence-electron chi connectivity index (χ4n) is 1.55. The van der Waals surface area contributed by atoms with Gasteiger partial charge in [-0.3, -0.25) is 4.40 Å². The van der Waals surface area contributed by atoms with E-state index in [-0.39, 0.29) is 0 Å². The van der Waals surface area contributed by atoms with Gasteiger partial charge in [-0.05, 0) is 18.1 Å². The topological polar surface area (TPSA) is 42.2 Å². The van der Waals surface area contributed by atoms with Gasteiger partial charge in [-0.1, -0.05) is 19.9 Å². The zero-order valence-electron chi connectivity index (χ0n) is 9.81. The van der Waals surface area contributed by atoms with E-state index < -0.39 is 0 Å². The molecule has 2 aromatic rings. The van der Waals surface area contributed by atoms with Crippen molar-refractivity contribution in [3.63, 3.8) is 0 Å². The molecule has 4 heteroatoms. The molecule has 0 aromatic carbocycles. The minimum absolute atomic E-state index is 0.516. The average Bonchev–Trinajstić information content (AvgIpc) is 2.63. The highest BCUT2D eigenvalue weighted by Gasteiger charge is 2.08. The molecule has 0 saturated heterocycles. The molecule has 0 unspecified atom stereocenters. The SMILES string of the molecule is CNc1c(/C=C/C(C)C)nc2ncccn12. The van der Waals surface area contributed by atoms with Crippen molar-refractivity contribution in [1.82, 2.24) is 14.4 Å². The first-order valence-corrected chi connectivity index (χ1v) is 5.41. The normalized spacial score (nSPS) is 11.8. The number of aromatic nitrogens is 3. The molecule has 2 aromatic heterocycles. The van der Waals surface area contributed by atoms with E-state index in [1.165, 1.54) is 0 Å². The lowest BCUT2D eigenvalue weighted by atomic mass is 10.2. The van der Waals surface area contributed by atoms with Crippen LogP contribution in [0.4, 0.5) is 5.82 Å². The maximum absolute atomic E-state index is 4.46. The Labute approximate surface area is 95.0 Å². The standard InChI is InChI=1S/C12H16N4/c1-9(2)5-6-10-11(13-3)16-8-4-7-14-12(16)15-10/h4-9,13H,1-3H3/b6-5+. The summed E-state index contributed by atoms with van der Waals surface area (Å²) < 4.78 is 1.94. The number of hydrogen-bond acceptors (Lipinski definition) is 3. The molecule has 0 radical (unpaired) electrons. The van der Waals surface area contributed by atoms with Crippen LogP contribution in [0.3, 0.4) is 0 Å². The van der Waals surface area contributed by atoms with Crippen molar-refractivity contribution < 1.29 is 0 Å². The molecule has 0 atom stereocenters. The van der Waals surface area contributed by atoms with Crippen LogP contribution in [0.5, 0.6) is 0 Å². The van der Waals surface area contributed by atoms with Gasteiger partial charge in [0.2, 0.25) is 5.78 Å². The van der Waals surface area contributed by atoms with Crippen LogP contribution in [0.1, 0.15) is 19.5 Å². The Morgan fingerprint density at radius 1 is 1.44 bits per heavy atom. The number of fused-ring (bicyclic) bond motifs is 1. The summed E-state index contributed by atoms with van der Waals surface area (Å²) in [5, 5.41) is 3.15. The van der Waals surface area contributed by atoms with Crippen molar-refractivity contribution in [3.05, 3.63) is 30.2 Å². The lowest BCUT2D eigenvalue weighted by Crippen LogP contribution is -1.95. The van der Waals surface area contributed by atoms with E-state index in [0.29, 0.717) is 5.92 Å². The molecule has 0 amide bonds. The summed E-state index contributed by atoms with van der Waals surface area (Å²) in [6, 6.07) is 1.89. The minimum atomic E-state index is 0.516. The first-order valence-electron chi connectivity index (χ1n) is 5.41. The number of hydrogen-bond donors (Lipinski definition) is 1. The van der Waals surface area contributed by atoms with E-state index in [0.717, 1.165) is 17.3 Å². The van der Waals surface area contributed by atoms with Crippen molar-refractivity contribution in [2.24, 2.45) is 5.92 Å². The van der Waals surface area contributed by atoms with Crippen LogP contribution in [0.2, 0.25) is 0 Å². The third-order valence-corrected chi connectivity index (χ3v) is 2.31. The van der Waals surface area contributed by atoms with Gasteiger partial charge in [-0.15, -0.1) is 0 Å². The van der Waals surface area contributed by atoms with Gasteiger partial charge in [0.1, 0.15) is 11.5 Å². The fraction of sp³-hybridized carbons (Fsp3) is 0.333. The zero-order chi connectivity index (χ0) is 11.5. The summed E-state index contributed by atoms with van der Waals surface area (Å²) in [4.78, 5) is 8.67. The van der Waals surface area contributed by atoms with Gasteiger partial charge in [-0.25, -0.2) is 9.97 Å². The van der Waals surface area contributed by atoms with Crippen LogP contribution >= 0.6 is 0 Å². The van der Waals surface area contributed by atoms with E-state index in [1.54, 1.807) is 6.20 Å². The van der Waals surface area contributed by atoms with Crippen LogP contribution in [-0.4, -0.2) is 21.4 Å². The zero-order valence-corrected chi connectivity index (χ0v) is 9.81. The molecule has 1 N–H and O–H groups in total. The van der Waals surface area contributed by atoms with E-state index in [2.05, 4.69) is 35.2 Å². The maximum Gasteiger partial charge on any atom is 0.235 e. The minimum Gasteiger partial charge on any atom is -0.372 e. The van der Waals surface area contributed by atoms with Crippen LogP contribution in [0.25, 0.3) is 11.9 Å². The van der Waals surface area contributed by atoms with E-state index in [4.69, 9.17) is 0 Å². The number of anilines is 1. The average molecular weight is 216 g/mol. The molecule has 0 aliphatic carbocycles. The quantitative estimate of drug-likeness (QED) is 0.856. The molecule has 0 aliphatic heterocycles. The predicted octanol–water partition coefficient (Wildman–Crippen LogP) is 2.44. The molecule has 2 heterocycles. The Bertz CT molecular complexity index is 511. The number of rotatable bonds is 3. The van der Waals surface area contributed by atoms with E-state index in [9.17, 15) is 0 Å². The molecule has 0 bridgehead atoms. The van der Waals surface area contributed by atoms with Gasteiger partial charge in [0, 0.05) is 19.4 Å². The second-order valence-electron chi connectivity index (χ2n) is 3.99. The van der Waals surface area contributed by atoms with Gasteiger partial charge in [0.05, 0.1) is 0 Å². The predicted molar refractivity (Wildman–Crippen MR) is 66.4 cm³/mol. The first kappa shape index (κ1) is 10.7. The van der Waals surface area contributed by atoms with Gasteiger partial charge in [-0.2, -0.15) is 0 Å². The van der Waals surface area contributed by atoms with Gasteiger partial charge < -0.3 is 5.32 Å². The van der Waals surface area contributed by atoms with Crippen molar-refractivity contribution in [2.45, 2.75) is 13.8 Å². The lowest BCUT2D eigenvalue weighted by molar-refractivity contribution is 0.836. The summed E-state index contributed by atoms with van der Waals surface area (Å²) >= 11 is 0. The van der Waals surface area contributed by atoms with Crippen molar-refractivity contribution >= 4 is 17.7 Å². The van der Waals surface area contributed by atoms with E-state index in [1.807, 2.05) is 29.8 Å². The summed E-state index contributed by atoms with van der Waals surface area (Å²) in [6.07, 6.45) is 7.86. The Balaban J connectivity index is 2.52. The van der Waals surface area contributed by atoms with Crippen molar-refractivity contribution in [3.8, 4) is 0 Å². The smallest absolute Gasteiger partial charge is 0.235 e. The van der Waals surface area contributed by atoms with Crippen LogP contribution < -0.4 is 5.32 Å². The molecule has 2 rings (SSSR count). The summed E-state index contributed by atoms with van der Waals surface area (Å²) in [7, 11) is 1.89.